The van der Waals surface area contributed by atoms with E-state index in [2.05, 4.69) is 22.0 Å². The second kappa shape index (κ2) is 9.98. The van der Waals surface area contributed by atoms with E-state index in [4.69, 9.17) is 35.5 Å². The average molecular weight is 492 g/mol. The first-order valence-electron chi connectivity index (χ1n) is 11.3. The minimum absolute atomic E-state index is 0.531. The summed E-state index contributed by atoms with van der Waals surface area (Å²) in [6, 6.07) is 15.9. The third-order valence-electron chi connectivity index (χ3n) is 6.14. The standard InChI is InChI=1S/C27H26ClN3O4/c1-32-24-14-18(15-25(33-2)27(24)34-3)22-16-29-21-6-4-5-19(26(21)30-22)17-7-8-23(20(28)13-17)31-9-11-35-12-10-31/h4-8,13-16H,9-12H2,1-3H3. The molecule has 0 spiro atoms. The molecule has 3 aromatic carbocycles. The number of methoxy groups -OCH3 is 3. The quantitative estimate of drug-likeness (QED) is 0.354. The molecule has 7 nitrogen and oxygen atoms in total. The van der Waals surface area contributed by atoms with Gasteiger partial charge in [-0.15, -0.1) is 0 Å². The highest BCUT2D eigenvalue weighted by atomic mass is 35.5. The van der Waals surface area contributed by atoms with Crippen molar-refractivity contribution in [1.29, 1.82) is 0 Å². The van der Waals surface area contributed by atoms with Gasteiger partial charge in [-0.1, -0.05) is 29.8 Å². The number of nitrogens with zero attached hydrogens (tertiary/aromatic N) is 3. The fourth-order valence-electron chi connectivity index (χ4n) is 4.37. The van der Waals surface area contributed by atoms with Crippen LogP contribution in [0.5, 0.6) is 17.2 Å². The molecule has 1 saturated heterocycles. The molecule has 0 radical (unpaired) electrons. The van der Waals surface area contributed by atoms with Gasteiger partial charge in [0.15, 0.2) is 11.5 Å². The number of anilines is 1. The third-order valence-corrected chi connectivity index (χ3v) is 6.45. The lowest BCUT2D eigenvalue weighted by Crippen LogP contribution is -2.36. The average Bonchev–Trinajstić information content (AvgIpc) is 2.91. The number of fused-ring (bicyclic) bond motifs is 1. The maximum Gasteiger partial charge on any atom is 0.203 e. The van der Waals surface area contributed by atoms with Crippen LogP contribution in [0.3, 0.4) is 0 Å². The molecule has 1 aliphatic heterocycles. The molecule has 4 aromatic rings. The Morgan fingerprint density at radius 2 is 1.63 bits per heavy atom. The summed E-state index contributed by atoms with van der Waals surface area (Å²) in [5.41, 5.74) is 6.04. The fraction of sp³-hybridized carbons (Fsp3) is 0.259. The topological polar surface area (TPSA) is 65.9 Å². The molecule has 35 heavy (non-hydrogen) atoms. The number of hydrogen-bond donors (Lipinski definition) is 0. The summed E-state index contributed by atoms with van der Waals surface area (Å²) in [5, 5.41) is 0.704. The van der Waals surface area contributed by atoms with Crippen molar-refractivity contribution in [3.63, 3.8) is 0 Å². The van der Waals surface area contributed by atoms with Crippen molar-refractivity contribution in [3.05, 3.63) is 59.8 Å². The van der Waals surface area contributed by atoms with Crippen LogP contribution >= 0.6 is 11.6 Å². The lowest BCUT2D eigenvalue weighted by Gasteiger charge is -2.29. The molecule has 1 fully saturated rings. The van der Waals surface area contributed by atoms with E-state index in [0.717, 1.165) is 46.5 Å². The van der Waals surface area contributed by atoms with Crippen LogP contribution in [0.2, 0.25) is 5.02 Å². The Morgan fingerprint density at radius 1 is 0.886 bits per heavy atom. The van der Waals surface area contributed by atoms with Gasteiger partial charge in [-0.2, -0.15) is 0 Å². The van der Waals surface area contributed by atoms with Gasteiger partial charge in [0.2, 0.25) is 5.75 Å². The maximum absolute atomic E-state index is 6.73. The van der Waals surface area contributed by atoms with E-state index in [1.165, 1.54) is 0 Å². The Kier molecular flexibility index (Phi) is 6.61. The molecule has 1 aromatic heterocycles. The molecule has 0 bridgehead atoms. The molecule has 180 valence electrons. The van der Waals surface area contributed by atoms with Gasteiger partial charge in [0.25, 0.3) is 0 Å². The highest BCUT2D eigenvalue weighted by molar-refractivity contribution is 6.33. The SMILES string of the molecule is COc1cc(-c2cnc3cccc(-c4ccc(N5CCOCC5)c(Cl)c4)c3n2)cc(OC)c1OC. The second-order valence-corrected chi connectivity index (χ2v) is 8.52. The normalized spacial score (nSPS) is 13.7. The number of morpholine rings is 1. The largest absolute Gasteiger partial charge is 0.493 e. The Morgan fingerprint density at radius 3 is 2.29 bits per heavy atom. The first-order valence-corrected chi connectivity index (χ1v) is 11.7. The Labute approximate surface area is 209 Å². The monoisotopic (exact) mass is 491 g/mol. The van der Waals surface area contributed by atoms with E-state index in [0.29, 0.717) is 41.2 Å². The third kappa shape index (κ3) is 4.45. The maximum atomic E-state index is 6.73. The lowest BCUT2D eigenvalue weighted by molar-refractivity contribution is 0.122. The first kappa shape index (κ1) is 23.2. The van der Waals surface area contributed by atoms with E-state index < -0.39 is 0 Å². The lowest BCUT2D eigenvalue weighted by atomic mass is 10.0. The van der Waals surface area contributed by atoms with Crippen LogP contribution < -0.4 is 19.1 Å². The molecule has 0 N–H and O–H groups in total. The van der Waals surface area contributed by atoms with E-state index in [-0.39, 0.29) is 0 Å². The van der Waals surface area contributed by atoms with Gasteiger partial charge < -0.3 is 23.8 Å². The zero-order chi connectivity index (χ0) is 24.4. The predicted molar refractivity (Wildman–Crippen MR) is 138 cm³/mol. The van der Waals surface area contributed by atoms with E-state index in [1.807, 2.05) is 36.4 Å². The minimum atomic E-state index is 0.531. The van der Waals surface area contributed by atoms with Gasteiger partial charge in [0.05, 0.1) is 68.2 Å². The Balaban J connectivity index is 1.59. The molecule has 0 unspecified atom stereocenters. The summed E-state index contributed by atoms with van der Waals surface area (Å²) < 4.78 is 22.0. The predicted octanol–water partition coefficient (Wildman–Crippen LogP) is 5.48. The molecule has 2 heterocycles. The van der Waals surface area contributed by atoms with E-state index in [1.54, 1.807) is 27.5 Å². The van der Waals surface area contributed by atoms with E-state index >= 15 is 0 Å². The van der Waals surface area contributed by atoms with E-state index in [9.17, 15) is 0 Å². The van der Waals surface area contributed by atoms with Crippen molar-refractivity contribution in [1.82, 2.24) is 9.97 Å². The number of benzene rings is 3. The highest BCUT2D eigenvalue weighted by Gasteiger charge is 2.18. The van der Waals surface area contributed by atoms with Gasteiger partial charge in [0, 0.05) is 24.2 Å². The second-order valence-electron chi connectivity index (χ2n) is 8.11. The fourth-order valence-corrected chi connectivity index (χ4v) is 4.67. The van der Waals surface area contributed by atoms with Crippen LogP contribution in [0, 0.1) is 0 Å². The van der Waals surface area contributed by atoms with Gasteiger partial charge >= 0.3 is 0 Å². The molecule has 0 saturated carbocycles. The smallest absolute Gasteiger partial charge is 0.203 e. The summed E-state index contributed by atoms with van der Waals surface area (Å²) in [6.45, 7) is 3.08. The van der Waals surface area contributed by atoms with Gasteiger partial charge in [0.1, 0.15) is 0 Å². The molecule has 0 aliphatic carbocycles. The molecule has 0 amide bonds. The van der Waals surface area contributed by atoms with Crippen molar-refractivity contribution in [2.24, 2.45) is 0 Å². The molecular formula is C27H26ClN3O4. The van der Waals surface area contributed by atoms with Crippen molar-refractivity contribution < 1.29 is 18.9 Å². The van der Waals surface area contributed by atoms with Gasteiger partial charge in [-0.05, 0) is 35.9 Å². The Hall–Kier alpha value is -3.55. The van der Waals surface area contributed by atoms with Crippen molar-refractivity contribution in [2.75, 3.05) is 52.5 Å². The van der Waals surface area contributed by atoms with Gasteiger partial charge in [-0.25, -0.2) is 4.98 Å². The number of ether oxygens (including phenoxy) is 4. The minimum Gasteiger partial charge on any atom is -0.493 e. The summed E-state index contributed by atoms with van der Waals surface area (Å²) in [7, 11) is 4.77. The Bertz CT molecular complexity index is 1350. The zero-order valence-electron chi connectivity index (χ0n) is 19.9. The zero-order valence-corrected chi connectivity index (χ0v) is 20.6. The van der Waals surface area contributed by atoms with Crippen molar-refractivity contribution in [3.8, 4) is 39.6 Å². The summed E-state index contributed by atoms with van der Waals surface area (Å²) in [6.07, 6.45) is 1.75. The molecule has 0 atom stereocenters. The molecular weight excluding hydrogens is 466 g/mol. The van der Waals surface area contributed by atoms with Crippen molar-refractivity contribution in [2.45, 2.75) is 0 Å². The summed E-state index contributed by atoms with van der Waals surface area (Å²) in [4.78, 5) is 11.9. The number of para-hydroxylation sites is 1. The van der Waals surface area contributed by atoms with Crippen LogP contribution in [0.1, 0.15) is 0 Å². The number of halogens is 1. The van der Waals surface area contributed by atoms with Crippen LogP contribution in [-0.4, -0.2) is 57.6 Å². The van der Waals surface area contributed by atoms with Crippen LogP contribution in [0.15, 0.2) is 54.7 Å². The molecule has 5 rings (SSSR count). The number of aromatic nitrogens is 2. The van der Waals surface area contributed by atoms with Gasteiger partial charge in [-0.3, -0.25) is 4.98 Å². The summed E-state index contributed by atoms with van der Waals surface area (Å²) >= 11 is 6.73. The van der Waals surface area contributed by atoms with Crippen molar-refractivity contribution >= 4 is 28.3 Å². The van der Waals surface area contributed by atoms with Crippen LogP contribution in [0.4, 0.5) is 5.69 Å². The van der Waals surface area contributed by atoms with Crippen LogP contribution in [-0.2, 0) is 4.74 Å². The molecule has 8 heteroatoms. The summed E-state index contributed by atoms with van der Waals surface area (Å²) in [5.74, 6) is 1.65. The molecule has 1 aliphatic rings. The van der Waals surface area contributed by atoms with Crippen LogP contribution in [0.25, 0.3) is 33.4 Å². The number of hydrogen-bond acceptors (Lipinski definition) is 7. The highest BCUT2D eigenvalue weighted by Crippen LogP contribution is 2.41. The first-order chi connectivity index (χ1) is 17.1. The number of rotatable bonds is 6.